The van der Waals surface area contributed by atoms with Crippen LogP contribution in [0.2, 0.25) is 0 Å². The Balaban J connectivity index is 1.55. The predicted molar refractivity (Wildman–Crippen MR) is 107 cm³/mol. The summed E-state index contributed by atoms with van der Waals surface area (Å²) in [4.78, 5) is 21.0. The monoisotopic (exact) mass is 369 g/mol. The van der Waals surface area contributed by atoms with Crippen molar-refractivity contribution in [3.05, 3.63) is 96.2 Å². The molecule has 4 aromatic rings. The molecular weight excluding hydrogens is 350 g/mol. The highest BCUT2D eigenvalue weighted by Crippen LogP contribution is 2.22. The van der Waals surface area contributed by atoms with E-state index in [0.29, 0.717) is 17.9 Å². The van der Waals surface area contributed by atoms with Crippen LogP contribution in [0.4, 0.5) is 0 Å². The van der Waals surface area contributed by atoms with Crippen molar-refractivity contribution in [2.75, 3.05) is 0 Å². The van der Waals surface area contributed by atoms with Crippen LogP contribution < -0.4 is 5.32 Å². The van der Waals surface area contributed by atoms with E-state index in [9.17, 15) is 4.79 Å². The van der Waals surface area contributed by atoms with Crippen molar-refractivity contribution in [3.63, 3.8) is 0 Å². The van der Waals surface area contributed by atoms with Gasteiger partial charge in [-0.2, -0.15) is 5.10 Å². The van der Waals surface area contributed by atoms with Crippen molar-refractivity contribution in [1.29, 1.82) is 0 Å². The Hall–Kier alpha value is -3.80. The van der Waals surface area contributed by atoms with Gasteiger partial charge in [-0.05, 0) is 37.3 Å². The highest BCUT2D eigenvalue weighted by atomic mass is 16.1. The first-order valence-electron chi connectivity index (χ1n) is 8.97. The Morgan fingerprint density at radius 3 is 2.68 bits per heavy atom. The largest absolute Gasteiger partial charge is 0.346 e. The summed E-state index contributed by atoms with van der Waals surface area (Å²) < 4.78 is 1.83. The van der Waals surface area contributed by atoms with Crippen molar-refractivity contribution < 1.29 is 4.79 Å². The minimum atomic E-state index is -0.161. The van der Waals surface area contributed by atoms with Gasteiger partial charge in [0.15, 0.2) is 0 Å². The Morgan fingerprint density at radius 1 is 1.00 bits per heavy atom. The Kier molecular flexibility index (Phi) is 4.93. The van der Waals surface area contributed by atoms with Gasteiger partial charge in [-0.15, -0.1) is 0 Å². The van der Waals surface area contributed by atoms with Crippen LogP contribution in [-0.2, 0) is 6.54 Å². The summed E-state index contributed by atoms with van der Waals surface area (Å²) in [7, 11) is 0. The molecule has 6 heteroatoms. The van der Waals surface area contributed by atoms with E-state index in [1.807, 2.05) is 66.2 Å². The van der Waals surface area contributed by atoms with Crippen molar-refractivity contribution in [3.8, 4) is 16.9 Å². The number of nitrogens with zero attached hydrogens (tertiary/aromatic N) is 4. The molecule has 1 N–H and O–H groups in total. The third-order valence-electron chi connectivity index (χ3n) is 4.33. The van der Waals surface area contributed by atoms with Gasteiger partial charge in [0.05, 0.1) is 29.8 Å². The van der Waals surface area contributed by atoms with E-state index in [1.54, 1.807) is 24.5 Å². The molecule has 0 aliphatic carbocycles. The molecule has 6 nitrogen and oxygen atoms in total. The number of rotatable bonds is 5. The lowest BCUT2D eigenvalue weighted by atomic mass is 10.1. The molecule has 0 bridgehead atoms. The smallest absolute Gasteiger partial charge is 0.251 e. The number of aromatic nitrogens is 4. The first-order chi connectivity index (χ1) is 13.7. The van der Waals surface area contributed by atoms with Crippen molar-refractivity contribution in [2.45, 2.75) is 13.5 Å². The van der Waals surface area contributed by atoms with E-state index in [0.717, 1.165) is 22.6 Å². The average Bonchev–Trinajstić information content (AvgIpc) is 3.23. The molecule has 1 amide bonds. The average molecular weight is 369 g/mol. The number of nitrogens with one attached hydrogen (secondary N) is 1. The number of carbonyl (C=O) groups excluding carboxylic acids is 1. The predicted octanol–water partition coefficient (Wildman–Crippen LogP) is 3.57. The van der Waals surface area contributed by atoms with E-state index in [-0.39, 0.29) is 5.91 Å². The summed E-state index contributed by atoms with van der Waals surface area (Å²) in [5.74, 6) is 0.521. The number of carbonyl (C=O) groups is 1. The van der Waals surface area contributed by atoms with Crippen LogP contribution >= 0.6 is 0 Å². The number of aryl methyl sites for hydroxylation is 1. The third-order valence-corrected chi connectivity index (χ3v) is 4.33. The van der Waals surface area contributed by atoms with Crippen molar-refractivity contribution in [2.24, 2.45) is 0 Å². The second-order valence-electron chi connectivity index (χ2n) is 6.32. The van der Waals surface area contributed by atoms with Crippen LogP contribution in [-0.4, -0.2) is 25.7 Å². The van der Waals surface area contributed by atoms with Crippen molar-refractivity contribution in [1.82, 2.24) is 25.1 Å². The summed E-state index contributed by atoms with van der Waals surface area (Å²) in [5.41, 5.74) is 4.20. The first kappa shape index (κ1) is 17.6. The number of amides is 1. The SMILES string of the molecule is Cc1nccc(CNC(=O)c2cccc(-n3nccc3-c3ccccc3)c2)n1. The third kappa shape index (κ3) is 3.81. The molecule has 138 valence electrons. The second-order valence-corrected chi connectivity index (χ2v) is 6.32. The summed E-state index contributed by atoms with van der Waals surface area (Å²) in [6.07, 6.45) is 3.44. The molecule has 0 radical (unpaired) electrons. The highest BCUT2D eigenvalue weighted by Gasteiger charge is 2.11. The molecular formula is C22H19N5O. The molecule has 0 aliphatic heterocycles. The second kappa shape index (κ2) is 7.84. The van der Waals surface area contributed by atoms with Gasteiger partial charge in [0.25, 0.3) is 5.91 Å². The van der Waals surface area contributed by atoms with Gasteiger partial charge >= 0.3 is 0 Å². The molecule has 0 atom stereocenters. The maximum atomic E-state index is 12.6. The van der Waals surface area contributed by atoms with Gasteiger partial charge < -0.3 is 5.32 Å². The molecule has 0 saturated heterocycles. The normalized spacial score (nSPS) is 10.6. The molecule has 4 rings (SSSR count). The standard InChI is InChI=1S/C22H19N5O/c1-16-23-12-10-19(26-16)15-24-22(28)18-8-5-9-20(14-18)27-21(11-13-25-27)17-6-3-2-4-7-17/h2-14H,15H2,1H3,(H,24,28). The first-order valence-corrected chi connectivity index (χ1v) is 8.97. The molecule has 2 aromatic carbocycles. The fraction of sp³-hybridized carbons (Fsp3) is 0.0909. The number of hydrogen-bond donors (Lipinski definition) is 1. The van der Waals surface area contributed by atoms with E-state index >= 15 is 0 Å². The van der Waals surface area contributed by atoms with E-state index in [1.165, 1.54) is 0 Å². The minimum Gasteiger partial charge on any atom is -0.346 e. The number of benzene rings is 2. The van der Waals surface area contributed by atoms with Crippen LogP contribution in [0.3, 0.4) is 0 Å². The van der Waals surface area contributed by atoms with Gasteiger partial charge in [-0.25, -0.2) is 14.6 Å². The van der Waals surface area contributed by atoms with Gasteiger partial charge in [0.1, 0.15) is 5.82 Å². The van der Waals surface area contributed by atoms with Crippen LogP contribution in [0, 0.1) is 6.92 Å². The van der Waals surface area contributed by atoms with Crippen LogP contribution in [0.1, 0.15) is 21.9 Å². The molecule has 2 heterocycles. The maximum absolute atomic E-state index is 12.6. The highest BCUT2D eigenvalue weighted by molar-refractivity contribution is 5.94. The summed E-state index contributed by atoms with van der Waals surface area (Å²) in [6, 6.07) is 21.2. The molecule has 0 spiro atoms. The van der Waals surface area contributed by atoms with E-state index in [2.05, 4.69) is 20.4 Å². The molecule has 0 aliphatic rings. The van der Waals surface area contributed by atoms with Gasteiger partial charge in [0.2, 0.25) is 0 Å². The Morgan fingerprint density at radius 2 is 1.86 bits per heavy atom. The summed E-state index contributed by atoms with van der Waals surface area (Å²) >= 11 is 0. The lowest BCUT2D eigenvalue weighted by Crippen LogP contribution is -2.23. The summed E-state index contributed by atoms with van der Waals surface area (Å²) in [5, 5.41) is 7.34. The van der Waals surface area contributed by atoms with Crippen molar-refractivity contribution >= 4 is 5.91 Å². The van der Waals surface area contributed by atoms with Crippen LogP contribution in [0.15, 0.2) is 79.1 Å². The van der Waals surface area contributed by atoms with E-state index in [4.69, 9.17) is 0 Å². The Labute approximate surface area is 162 Å². The van der Waals surface area contributed by atoms with Gasteiger partial charge in [0, 0.05) is 17.3 Å². The van der Waals surface area contributed by atoms with E-state index < -0.39 is 0 Å². The van der Waals surface area contributed by atoms with Crippen LogP contribution in [0.5, 0.6) is 0 Å². The van der Waals surface area contributed by atoms with Gasteiger partial charge in [-0.3, -0.25) is 4.79 Å². The van der Waals surface area contributed by atoms with Crippen LogP contribution in [0.25, 0.3) is 16.9 Å². The molecule has 2 aromatic heterocycles. The lowest BCUT2D eigenvalue weighted by molar-refractivity contribution is 0.0950. The lowest BCUT2D eigenvalue weighted by Gasteiger charge is -2.10. The topological polar surface area (TPSA) is 72.7 Å². The minimum absolute atomic E-state index is 0.161. The molecule has 0 fully saturated rings. The molecule has 0 unspecified atom stereocenters. The zero-order valence-corrected chi connectivity index (χ0v) is 15.4. The van der Waals surface area contributed by atoms with Gasteiger partial charge in [-0.1, -0.05) is 36.4 Å². The zero-order chi connectivity index (χ0) is 19.3. The molecule has 28 heavy (non-hydrogen) atoms. The fourth-order valence-electron chi connectivity index (χ4n) is 2.99. The zero-order valence-electron chi connectivity index (χ0n) is 15.4. The number of hydrogen-bond acceptors (Lipinski definition) is 4. The molecule has 0 saturated carbocycles. The Bertz CT molecular complexity index is 1100. The fourth-order valence-corrected chi connectivity index (χ4v) is 2.99. The quantitative estimate of drug-likeness (QED) is 0.584. The maximum Gasteiger partial charge on any atom is 0.251 e. The summed E-state index contributed by atoms with van der Waals surface area (Å²) in [6.45, 7) is 2.17.